The molecule has 0 aliphatic rings. The Morgan fingerprint density at radius 3 is 2.67 bits per heavy atom. The van der Waals surface area contributed by atoms with Gasteiger partial charge in [-0.05, 0) is 36.7 Å². The van der Waals surface area contributed by atoms with Gasteiger partial charge < -0.3 is 14.4 Å². The summed E-state index contributed by atoms with van der Waals surface area (Å²) in [5.41, 5.74) is 2.72. The third-order valence-corrected chi connectivity index (χ3v) is 4.73. The Bertz CT molecular complexity index is 990. The minimum atomic E-state index is -4.65. The molecule has 2 aromatic heterocycles. The molecular weight excluding hydrogens is 395 g/mol. The zero-order chi connectivity index (χ0) is 21.6. The van der Waals surface area contributed by atoms with Crippen molar-refractivity contribution in [3.8, 4) is 0 Å². The van der Waals surface area contributed by atoms with Crippen LogP contribution in [0.3, 0.4) is 0 Å². The zero-order valence-corrected chi connectivity index (χ0v) is 17.2. The fourth-order valence-electron chi connectivity index (χ4n) is 3.23. The number of halogens is 3. The zero-order valence-electron chi connectivity index (χ0n) is 17.2. The number of aryl methyl sites for hydroxylation is 1. The molecule has 162 valence electrons. The van der Waals surface area contributed by atoms with E-state index in [9.17, 15) is 13.2 Å². The number of hydrogen-bond acceptors (Lipinski definition) is 5. The van der Waals surface area contributed by atoms with Gasteiger partial charge in [-0.1, -0.05) is 44.0 Å². The monoisotopic (exact) mass is 421 g/mol. The molecule has 1 N–H and O–H groups in total. The lowest BCUT2D eigenvalue weighted by atomic mass is 10.2. The summed E-state index contributed by atoms with van der Waals surface area (Å²) in [6.07, 6.45) is 2.72. The first-order valence-corrected chi connectivity index (χ1v) is 10.2. The number of nitrogens with one attached hydrogen (secondary N) is 1. The minimum Gasteiger partial charge on any atom is -0.329 e. The lowest BCUT2D eigenvalue weighted by molar-refractivity contribution is -0.159. The van der Waals surface area contributed by atoms with Crippen LogP contribution in [0.5, 0.6) is 0 Å². The van der Waals surface area contributed by atoms with Gasteiger partial charge in [-0.25, -0.2) is 4.98 Å². The van der Waals surface area contributed by atoms with Gasteiger partial charge in [0.15, 0.2) is 5.82 Å². The highest BCUT2D eigenvalue weighted by Gasteiger charge is 2.38. The Morgan fingerprint density at radius 2 is 1.97 bits per heavy atom. The van der Waals surface area contributed by atoms with Crippen molar-refractivity contribution in [2.45, 2.75) is 52.3 Å². The fraction of sp³-hybridized carbons (Fsp3) is 0.476. The number of likely N-dealkylation sites (N-methyl/N-ethyl adjacent to an activating group) is 1. The molecule has 30 heavy (non-hydrogen) atoms. The van der Waals surface area contributed by atoms with Gasteiger partial charge in [-0.3, -0.25) is 0 Å². The molecule has 0 spiro atoms. The molecule has 1 aromatic carbocycles. The van der Waals surface area contributed by atoms with Crippen molar-refractivity contribution in [1.29, 1.82) is 0 Å². The van der Waals surface area contributed by atoms with E-state index >= 15 is 0 Å². The molecule has 3 rings (SSSR count). The molecule has 0 saturated heterocycles. The number of benzene rings is 1. The Balaban J connectivity index is 1.82. The molecule has 0 saturated carbocycles. The third-order valence-electron chi connectivity index (χ3n) is 4.73. The quantitative estimate of drug-likeness (QED) is 0.469. The van der Waals surface area contributed by atoms with Crippen molar-refractivity contribution < 1.29 is 17.7 Å². The maximum atomic E-state index is 12.6. The fourth-order valence-corrected chi connectivity index (χ4v) is 3.23. The first-order chi connectivity index (χ1) is 14.4. The van der Waals surface area contributed by atoms with Crippen molar-refractivity contribution in [2.24, 2.45) is 0 Å². The van der Waals surface area contributed by atoms with Crippen LogP contribution in [-0.2, 0) is 19.1 Å². The Morgan fingerprint density at radius 1 is 1.13 bits per heavy atom. The summed E-state index contributed by atoms with van der Waals surface area (Å²) in [7, 11) is 0. The van der Waals surface area contributed by atoms with Crippen molar-refractivity contribution in [1.82, 2.24) is 25.0 Å². The van der Waals surface area contributed by atoms with Gasteiger partial charge in [-0.2, -0.15) is 18.2 Å². The largest absolute Gasteiger partial charge is 0.471 e. The van der Waals surface area contributed by atoms with E-state index in [1.54, 1.807) is 6.08 Å². The number of aromatic nitrogens is 4. The number of fused-ring (bicyclic) bond motifs is 1. The summed E-state index contributed by atoms with van der Waals surface area (Å²) in [5, 5.41) is 6.69. The van der Waals surface area contributed by atoms with Crippen molar-refractivity contribution in [2.75, 3.05) is 13.1 Å². The number of alkyl halides is 3. The number of rotatable bonds is 10. The Hall–Kier alpha value is -2.68. The molecule has 6 nitrogen and oxygen atoms in total. The van der Waals surface area contributed by atoms with Crippen LogP contribution in [0, 0.1) is 0 Å². The van der Waals surface area contributed by atoms with E-state index in [1.807, 2.05) is 18.2 Å². The third kappa shape index (κ3) is 5.47. The predicted octanol–water partition coefficient (Wildman–Crippen LogP) is 4.95. The van der Waals surface area contributed by atoms with Crippen LogP contribution in [0.1, 0.15) is 56.2 Å². The molecule has 0 aliphatic carbocycles. The number of hydrogen-bond donors (Lipinski definition) is 1. The van der Waals surface area contributed by atoms with Gasteiger partial charge >= 0.3 is 12.1 Å². The van der Waals surface area contributed by atoms with Crippen molar-refractivity contribution >= 4 is 23.2 Å². The Labute approximate surface area is 173 Å². The van der Waals surface area contributed by atoms with Crippen molar-refractivity contribution in [3.63, 3.8) is 0 Å². The van der Waals surface area contributed by atoms with Crippen LogP contribution in [0.4, 0.5) is 13.2 Å². The molecule has 0 amide bonds. The van der Waals surface area contributed by atoms with E-state index in [0.717, 1.165) is 67.7 Å². The molecule has 0 unspecified atom stereocenters. The molecular formula is C21H26F3N5O. The van der Waals surface area contributed by atoms with Gasteiger partial charge in [0.25, 0.3) is 0 Å². The standard InChI is InChI=1S/C21H26F3N5O/c1-3-5-6-7-19-26-16-14-15(8-10-17(16)29(19)13-12-25-4-2)9-11-18-27-20(30-28-18)21(22,23)24/h8-11,14,25H,3-7,12-13H2,1-2H3/b11-9+. The van der Waals surface area contributed by atoms with E-state index in [1.165, 1.54) is 6.08 Å². The molecule has 0 atom stereocenters. The van der Waals surface area contributed by atoms with Crippen LogP contribution in [0.2, 0.25) is 0 Å². The molecule has 2 heterocycles. The van der Waals surface area contributed by atoms with E-state index in [-0.39, 0.29) is 5.82 Å². The van der Waals surface area contributed by atoms with Crippen LogP contribution in [-0.4, -0.2) is 32.8 Å². The summed E-state index contributed by atoms with van der Waals surface area (Å²) in [6, 6.07) is 5.82. The van der Waals surface area contributed by atoms with E-state index in [2.05, 4.69) is 38.4 Å². The van der Waals surface area contributed by atoms with Gasteiger partial charge in [0.05, 0.1) is 11.0 Å². The lowest BCUT2D eigenvalue weighted by Crippen LogP contribution is -2.20. The molecule has 3 aromatic rings. The van der Waals surface area contributed by atoms with E-state index in [4.69, 9.17) is 4.98 Å². The molecule has 0 radical (unpaired) electrons. The summed E-state index contributed by atoms with van der Waals surface area (Å²) in [6.45, 7) is 6.87. The smallest absolute Gasteiger partial charge is 0.329 e. The van der Waals surface area contributed by atoms with Gasteiger partial charge in [0.1, 0.15) is 5.82 Å². The minimum absolute atomic E-state index is 0.126. The predicted molar refractivity (Wildman–Crippen MR) is 110 cm³/mol. The van der Waals surface area contributed by atoms with Gasteiger partial charge in [0.2, 0.25) is 0 Å². The van der Waals surface area contributed by atoms with Gasteiger partial charge in [0, 0.05) is 19.5 Å². The maximum absolute atomic E-state index is 12.6. The van der Waals surface area contributed by atoms with Gasteiger partial charge in [-0.15, -0.1) is 0 Å². The topological polar surface area (TPSA) is 68.8 Å². The second kappa shape index (κ2) is 9.88. The first kappa shape index (κ1) is 22.0. The molecule has 0 fully saturated rings. The SMILES string of the molecule is CCCCCc1nc2cc(/C=C/c3noc(C(F)(F)F)n3)ccc2n1CCNCC. The highest BCUT2D eigenvalue weighted by Crippen LogP contribution is 2.27. The Kier molecular flexibility index (Phi) is 7.25. The van der Waals surface area contributed by atoms with E-state index in [0.29, 0.717) is 0 Å². The summed E-state index contributed by atoms with van der Waals surface area (Å²) >= 11 is 0. The number of nitrogens with zero attached hydrogens (tertiary/aromatic N) is 4. The molecule has 0 bridgehead atoms. The van der Waals surface area contributed by atoms with Crippen LogP contribution < -0.4 is 5.32 Å². The summed E-state index contributed by atoms with van der Waals surface area (Å²) < 4.78 is 44.2. The second-order valence-electron chi connectivity index (χ2n) is 7.03. The lowest BCUT2D eigenvalue weighted by Gasteiger charge is -2.09. The second-order valence-corrected chi connectivity index (χ2v) is 7.03. The van der Waals surface area contributed by atoms with Crippen LogP contribution >= 0.6 is 0 Å². The highest BCUT2D eigenvalue weighted by atomic mass is 19.4. The highest BCUT2D eigenvalue weighted by molar-refractivity contribution is 5.81. The maximum Gasteiger partial charge on any atom is 0.471 e. The van der Waals surface area contributed by atoms with E-state index < -0.39 is 12.1 Å². The number of imidazole rings is 1. The number of unbranched alkanes of at least 4 members (excludes halogenated alkanes) is 2. The first-order valence-electron chi connectivity index (χ1n) is 10.2. The molecule has 9 heteroatoms. The van der Waals surface area contributed by atoms with Crippen LogP contribution in [0.25, 0.3) is 23.2 Å². The average Bonchev–Trinajstić information content (AvgIpc) is 3.31. The van der Waals surface area contributed by atoms with Crippen LogP contribution in [0.15, 0.2) is 22.7 Å². The normalized spacial score (nSPS) is 12.4. The summed E-state index contributed by atoms with van der Waals surface area (Å²) in [5.74, 6) is -0.418. The van der Waals surface area contributed by atoms with Crippen molar-refractivity contribution in [3.05, 3.63) is 41.3 Å². The molecule has 0 aliphatic heterocycles. The average molecular weight is 421 g/mol. The summed E-state index contributed by atoms with van der Waals surface area (Å²) in [4.78, 5) is 8.16.